The van der Waals surface area contributed by atoms with Crippen LogP contribution in [0.2, 0.25) is 0 Å². The van der Waals surface area contributed by atoms with Crippen molar-refractivity contribution in [3.8, 4) is 11.8 Å². The molecule has 0 saturated heterocycles. The average Bonchev–Trinajstić information content (AvgIpc) is 2.47. The second kappa shape index (κ2) is 6.88. The first kappa shape index (κ1) is 14.3. The predicted molar refractivity (Wildman–Crippen MR) is 79.7 cm³/mol. The molecule has 2 aromatic carbocycles. The fourth-order valence-electron chi connectivity index (χ4n) is 1.66. The Bertz CT molecular complexity index is 627. The van der Waals surface area contributed by atoms with Crippen LogP contribution in [-0.4, -0.2) is 12.4 Å². The maximum atomic E-state index is 11.9. The van der Waals surface area contributed by atoms with Gasteiger partial charge in [0.25, 0.3) is 0 Å². The minimum absolute atomic E-state index is 0.000765. The molecule has 0 aliphatic heterocycles. The van der Waals surface area contributed by atoms with Gasteiger partial charge in [-0.1, -0.05) is 40.2 Å². The average molecular weight is 330 g/mol. The first-order valence-electron chi connectivity index (χ1n) is 6.06. The number of hydrogen-bond acceptors (Lipinski definition) is 3. The molecule has 0 aromatic heterocycles. The summed E-state index contributed by atoms with van der Waals surface area (Å²) in [6.45, 7) is -0.000765. The van der Waals surface area contributed by atoms with E-state index in [9.17, 15) is 4.79 Å². The number of nitrogens with zero attached hydrogens (tertiary/aromatic N) is 1. The molecule has 0 saturated carbocycles. The van der Waals surface area contributed by atoms with Gasteiger partial charge in [0, 0.05) is 10.0 Å². The molecule has 0 radical (unpaired) electrons. The highest BCUT2D eigenvalue weighted by atomic mass is 79.9. The number of rotatable bonds is 5. The SMILES string of the molecule is N#CCc1ccc(OCC(=O)c2ccc(Br)cc2)cc1. The van der Waals surface area contributed by atoms with Crippen molar-refractivity contribution in [2.24, 2.45) is 0 Å². The zero-order valence-corrected chi connectivity index (χ0v) is 12.3. The van der Waals surface area contributed by atoms with Gasteiger partial charge in [-0.15, -0.1) is 0 Å². The van der Waals surface area contributed by atoms with Crippen LogP contribution in [0.15, 0.2) is 53.0 Å². The molecule has 0 atom stereocenters. The largest absolute Gasteiger partial charge is 0.485 e. The fraction of sp³-hybridized carbons (Fsp3) is 0.125. The molecule has 20 heavy (non-hydrogen) atoms. The third-order valence-electron chi connectivity index (χ3n) is 2.74. The van der Waals surface area contributed by atoms with Crippen LogP contribution in [-0.2, 0) is 6.42 Å². The third kappa shape index (κ3) is 3.94. The Hall–Kier alpha value is -2.12. The van der Waals surface area contributed by atoms with Crippen LogP contribution in [0.1, 0.15) is 15.9 Å². The Morgan fingerprint density at radius 1 is 1.10 bits per heavy atom. The predicted octanol–water partition coefficient (Wildman–Crippen LogP) is 3.78. The van der Waals surface area contributed by atoms with Gasteiger partial charge in [-0.2, -0.15) is 5.26 Å². The molecule has 4 heteroatoms. The van der Waals surface area contributed by atoms with E-state index in [4.69, 9.17) is 10.00 Å². The van der Waals surface area contributed by atoms with E-state index in [-0.39, 0.29) is 12.4 Å². The van der Waals surface area contributed by atoms with E-state index >= 15 is 0 Å². The second-order valence-electron chi connectivity index (χ2n) is 4.20. The van der Waals surface area contributed by atoms with Crippen molar-refractivity contribution in [2.75, 3.05) is 6.61 Å². The van der Waals surface area contributed by atoms with Gasteiger partial charge in [-0.3, -0.25) is 4.79 Å². The van der Waals surface area contributed by atoms with E-state index in [1.165, 1.54) is 0 Å². The molecule has 0 spiro atoms. The van der Waals surface area contributed by atoms with Gasteiger partial charge < -0.3 is 4.74 Å². The molecule has 0 heterocycles. The zero-order valence-electron chi connectivity index (χ0n) is 10.7. The summed E-state index contributed by atoms with van der Waals surface area (Å²) >= 11 is 3.32. The highest BCUT2D eigenvalue weighted by Crippen LogP contribution is 2.14. The molecular weight excluding hydrogens is 318 g/mol. The van der Waals surface area contributed by atoms with Gasteiger partial charge in [-0.05, 0) is 29.8 Å². The summed E-state index contributed by atoms with van der Waals surface area (Å²) < 4.78 is 6.37. The molecular formula is C16H12BrNO2. The molecule has 3 nitrogen and oxygen atoms in total. The Balaban J connectivity index is 1.93. The Labute approximate surface area is 125 Å². The van der Waals surface area contributed by atoms with Crippen LogP contribution < -0.4 is 4.74 Å². The van der Waals surface area contributed by atoms with Crippen LogP contribution in [0, 0.1) is 11.3 Å². The molecule has 0 unspecified atom stereocenters. The van der Waals surface area contributed by atoms with Gasteiger partial charge in [0.1, 0.15) is 5.75 Å². The Morgan fingerprint density at radius 3 is 2.35 bits per heavy atom. The third-order valence-corrected chi connectivity index (χ3v) is 3.27. The number of halogens is 1. The lowest BCUT2D eigenvalue weighted by Gasteiger charge is -2.06. The van der Waals surface area contributed by atoms with Gasteiger partial charge in [0.15, 0.2) is 12.4 Å². The Morgan fingerprint density at radius 2 is 1.75 bits per heavy atom. The van der Waals surface area contributed by atoms with Gasteiger partial charge in [0.05, 0.1) is 12.5 Å². The monoisotopic (exact) mass is 329 g/mol. The van der Waals surface area contributed by atoms with Crippen molar-refractivity contribution in [3.05, 3.63) is 64.1 Å². The van der Waals surface area contributed by atoms with Crippen LogP contribution in [0.3, 0.4) is 0 Å². The standard InChI is InChI=1S/C16H12BrNO2/c17-14-5-3-13(4-6-14)16(19)11-20-15-7-1-12(2-8-15)9-10-18/h1-8H,9,11H2. The lowest BCUT2D eigenvalue weighted by Crippen LogP contribution is -2.11. The second-order valence-corrected chi connectivity index (χ2v) is 5.11. The van der Waals surface area contributed by atoms with Gasteiger partial charge in [0.2, 0.25) is 0 Å². The Kier molecular flexibility index (Phi) is 4.91. The maximum absolute atomic E-state index is 11.9. The zero-order chi connectivity index (χ0) is 14.4. The van der Waals surface area contributed by atoms with Crippen molar-refractivity contribution < 1.29 is 9.53 Å². The van der Waals surface area contributed by atoms with Crippen LogP contribution in [0.4, 0.5) is 0 Å². The first-order valence-corrected chi connectivity index (χ1v) is 6.86. The molecule has 100 valence electrons. The number of hydrogen-bond donors (Lipinski definition) is 0. The topological polar surface area (TPSA) is 50.1 Å². The number of benzene rings is 2. The lowest BCUT2D eigenvalue weighted by molar-refractivity contribution is 0.0921. The van der Waals surface area contributed by atoms with Crippen molar-refractivity contribution in [3.63, 3.8) is 0 Å². The van der Waals surface area contributed by atoms with Crippen molar-refractivity contribution in [1.29, 1.82) is 5.26 Å². The van der Waals surface area contributed by atoms with E-state index in [0.717, 1.165) is 10.0 Å². The smallest absolute Gasteiger partial charge is 0.200 e. The van der Waals surface area contributed by atoms with Crippen LogP contribution in [0.5, 0.6) is 5.75 Å². The van der Waals surface area contributed by atoms with Crippen molar-refractivity contribution in [2.45, 2.75) is 6.42 Å². The summed E-state index contributed by atoms with van der Waals surface area (Å²) in [5, 5.41) is 8.58. The van der Waals surface area contributed by atoms with E-state index in [1.54, 1.807) is 24.3 Å². The number of carbonyl (C=O) groups excluding carboxylic acids is 1. The summed E-state index contributed by atoms with van der Waals surface area (Å²) in [5.74, 6) is 0.552. The van der Waals surface area contributed by atoms with E-state index in [1.807, 2.05) is 24.3 Å². The fourth-order valence-corrected chi connectivity index (χ4v) is 1.93. The molecule has 0 fully saturated rings. The number of nitriles is 1. The number of Topliss-reactive ketones (excluding diaryl/α,β-unsaturated/α-hetero) is 1. The number of ketones is 1. The molecule has 0 N–H and O–H groups in total. The van der Waals surface area contributed by atoms with E-state index in [2.05, 4.69) is 22.0 Å². The summed E-state index contributed by atoms with van der Waals surface area (Å²) in [6, 6.07) is 16.4. The van der Waals surface area contributed by atoms with Crippen LogP contribution >= 0.6 is 15.9 Å². The summed E-state index contributed by atoms with van der Waals surface area (Å²) in [6.07, 6.45) is 0.373. The molecule has 0 bridgehead atoms. The molecule has 2 rings (SSSR count). The molecule has 0 amide bonds. The van der Waals surface area contributed by atoms with Crippen molar-refractivity contribution in [1.82, 2.24) is 0 Å². The van der Waals surface area contributed by atoms with Crippen molar-refractivity contribution >= 4 is 21.7 Å². The number of ether oxygens (including phenoxy) is 1. The normalized spacial score (nSPS) is 9.80. The summed E-state index contributed by atoms with van der Waals surface area (Å²) in [7, 11) is 0. The van der Waals surface area contributed by atoms with E-state index in [0.29, 0.717) is 17.7 Å². The molecule has 0 aliphatic carbocycles. The highest BCUT2D eigenvalue weighted by Gasteiger charge is 2.06. The number of carbonyl (C=O) groups is 1. The first-order chi connectivity index (χ1) is 9.69. The maximum Gasteiger partial charge on any atom is 0.200 e. The van der Waals surface area contributed by atoms with Gasteiger partial charge >= 0.3 is 0 Å². The quantitative estimate of drug-likeness (QED) is 0.784. The van der Waals surface area contributed by atoms with E-state index < -0.39 is 0 Å². The lowest BCUT2D eigenvalue weighted by atomic mass is 10.1. The minimum Gasteiger partial charge on any atom is -0.485 e. The van der Waals surface area contributed by atoms with Gasteiger partial charge in [-0.25, -0.2) is 0 Å². The molecule has 0 aliphatic rings. The summed E-state index contributed by atoms with van der Waals surface area (Å²) in [4.78, 5) is 11.9. The minimum atomic E-state index is -0.0707. The summed E-state index contributed by atoms with van der Waals surface area (Å²) in [5.41, 5.74) is 1.55. The van der Waals surface area contributed by atoms with Crippen LogP contribution in [0.25, 0.3) is 0 Å². The highest BCUT2D eigenvalue weighted by molar-refractivity contribution is 9.10. The molecule has 2 aromatic rings.